The number of halogens is 1. The standard InChI is InChI=1S/C20H24ClN3O2S/c1-23(2)20(17-13-24(3)19-11-7-5-9-16(17)19)12-22-27(25,26)14-15-8-4-6-10-18(15)21/h4-11,13,20,22H,12,14H2,1-3H3/t20-/m0/s1. The summed E-state index contributed by atoms with van der Waals surface area (Å²) in [5.41, 5.74) is 2.81. The lowest BCUT2D eigenvalue weighted by molar-refractivity contribution is 0.301. The summed E-state index contributed by atoms with van der Waals surface area (Å²) < 4.78 is 30.0. The van der Waals surface area contributed by atoms with Gasteiger partial charge in [0.05, 0.1) is 5.75 Å². The molecule has 1 atom stereocenters. The van der Waals surface area contributed by atoms with Crippen LogP contribution in [0.25, 0.3) is 10.9 Å². The fraction of sp³-hybridized carbons (Fsp3) is 0.300. The normalized spacial score (nSPS) is 13.4. The summed E-state index contributed by atoms with van der Waals surface area (Å²) in [5, 5.41) is 1.59. The van der Waals surface area contributed by atoms with Crippen LogP contribution in [-0.4, -0.2) is 38.5 Å². The number of likely N-dealkylation sites (N-methyl/N-ethyl adjacent to an activating group) is 1. The van der Waals surface area contributed by atoms with Crippen molar-refractivity contribution in [2.24, 2.45) is 7.05 Å². The number of benzene rings is 2. The van der Waals surface area contributed by atoms with Crippen molar-refractivity contribution in [2.75, 3.05) is 20.6 Å². The Balaban J connectivity index is 1.82. The van der Waals surface area contributed by atoms with Crippen LogP contribution in [0.1, 0.15) is 17.2 Å². The number of fused-ring (bicyclic) bond motifs is 1. The molecule has 1 aromatic heterocycles. The molecule has 0 radical (unpaired) electrons. The molecule has 2 aromatic carbocycles. The van der Waals surface area contributed by atoms with Gasteiger partial charge in [0.1, 0.15) is 0 Å². The molecule has 7 heteroatoms. The van der Waals surface area contributed by atoms with Crippen LogP contribution in [0.4, 0.5) is 0 Å². The van der Waals surface area contributed by atoms with Gasteiger partial charge >= 0.3 is 0 Å². The molecule has 0 aliphatic heterocycles. The highest BCUT2D eigenvalue weighted by Gasteiger charge is 2.22. The maximum Gasteiger partial charge on any atom is 0.215 e. The van der Waals surface area contributed by atoms with Gasteiger partial charge in [0.25, 0.3) is 0 Å². The van der Waals surface area contributed by atoms with Gasteiger partial charge in [0, 0.05) is 41.8 Å². The quantitative estimate of drug-likeness (QED) is 0.654. The van der Waals surface area contributed by atoms with E-state index in [2.05, 4.69) is 27.6 Å². The van der Waals surface area contributed by atoms with Gasteiger partial charge in [-0.3, -0.25) is 0 Å². The summed E-state index contributed by atoms with van der Waals surface area (Å²) >= 11 is 6.10. The summed E-state index contributed by atoms with van der Waals surface area (Å²) in [6.45, 7) is 0.286. The molecule has 27 heavy (non-hydrogen) atoms. The average molecular weight is 406 g/mol. The molecule has 0 unspecified atom stereocenters. The van der Waals surface area contributed by atoms with Gasteiger partial charge in [-0.2, -0.15) is 0 Å². The molecule has 0 saturated carbocycles. The number of sulfonamides is 1. The average Bonchev–Trinajstić information content (AvgIpc) is 2.94. The van der Waals surface area contributed by atoms with E-state index in [9.17, 15) is 8.42 Å². The van der Waals surface area contributed by atoms with E-state index in [1.54, 1.807) is 24.3 Å². The van der Waals surface area contributed by atoms with E-state index in [0.29, 0.717) is 10.6 Å². The lowest BCUT2D eigenvalue weighted by Crippen LogP contribution is -2.35. The first-order valence-electron chi connectivity index (χ1n) is 8.69. The highest BCUT2D eigenvalue weighted by Crippen LogP contribution is 2.28. The van der Waals surface area contributed by atoms with Crippen molar-refractivity contribution >= 4 is 32.5 Å². The zero-order valence-electron chi connectivity index (χ0n) is 15.7. The Labute approximate surface area is 165 Å². The van der Waals surface area contributed by atoms with Crippen LogP contribution in [0, 0.1) is 0 Å². The Morgan fingerprint density at radius 2 is 1.78 bits per heavy atom. The molecule has 144 valence electrons. The molecule has 3 aromatic rings. The summed E-state index contributed by atoms with van der Waals surface area (Å²) in [5.74, 6) is -0.137. The second kappa shape index (κ2) is 8.02. The third-order valence-corrected chi connectivity index (χ3v) is 6.38. The van der Waals surface area contributed by atoms with Crippen LogP contribution in [0.5, 0.6) is 0 Å². The Bertz CT molecular complexity index is 1040. The maximum absolute atomic E-state index is 12.6. The van der Waals surface area contributed by atoms with Crippen molar-refractivity contribution in [1.82, 2.24) is 14.2 Å². The Morgan fingerprint density at radius 3 is 2.48 bits per heavy atom. The van der Waals surface area contributed by atoms with Gasteiger partial charge in [-0.05, 0) is 37.4 Å². The van der Waals surface area contributed by atoms with Crippen molar-refractivity contribution in [3.05, 3.63) is 70.9 Å². The number of hydrogen-bond acceptors (Lipinski definition) is 3. The molecule has 0 fully saturated rings. The first-order chi connectivity index (χ1) is 12.8. The SMILES string of the molecule is CN(C)[C@@H](CNS(=O)(=O)Cc1ccccc1Cl)c1cn(C)c2ccccc12. The fourth-order valence-corrected chi connectivity index (χ4v) is 4.74. The largest absolute Gasteiger partial charge is 0.350 e. The Kier molecular flexibility index (Phi) is 5.91. The minimum Gasteiger partial charge on any atom is -0.350 e. The zero-order valence-corrected chi connectivity index (χ0v) is 17.3. The smallest absolute Gasteiger partial charge is 0.215 e. The molecular weight excluding hydrogens is 382 g/mol. The van der Waals surface area contributed by atoms with Gasteiger partial charge in [-0.1, -0.05) is 48.0 Å². The van der Waals surface area contributed by atoms with Crippen molar-refractivity contribution in [3.8, 4) is 0 Å². The van der Waals surface area contributed by atoms with Crippen molar-refractivity contribution in [3.63, 3.8) is 0 Å². The highest BCUT2D eigenvalue weighted by atomic mass is 35.5. The van der Waals surface area contributed by atoms with Crippen molar-refractivity contribution < 1.29 is 8.42 Å². The minimum absolute atomic E-state index is 0.0860. The van der Waals surface area contributed by atoms with Gasteiger partial charge in [-0.25, -0.2) is 13.1 Å². The molecular formula is C20H24ClN3O2S. The van der Waals surface area contributed by atoms with E-state index in [1.165, 1.54) is 0 Å². The molecule has 0 aliphatic rings. The van der Waals surface area contributed by atoms with Crippen LogP contribution in [0.15, 0.2) is 54.7 Å². The summed E-state index contributed by atoms with van der Waals surface area (Å²) in [4.78, 5) is 2.03. The zero-order chi connectivity index (χ0) is 19.6. The second-order valence-electron chi connectivity index (χ2n) is 6.89. The van der Waals surface area contributed by atoms with E-state index in [1.807, 2.05) is 38.2 Å². The van der Waals surface area contributed by atoms with Gasteiger partial charge in [0.2, 0.25) is 10.0 Å². The molecule has 1 heterocycles. The van der Waals surface area contributed by atoms with Crippen molar-refractivity contribution in [2.45, 2.75) is 11.8 Å². The monoisotopic (exact) mass is 405 g/mol. The highest BCUT2D eigenvalue weighted by molar-refractivity contribution is 7.88. The van der Waals surface area contributed by atoms with Crippen LogP contribution in [0.3, 0.4) is 0 Å². The lowest BCUT2D eigenvalue weighted by atomic mass is 10.1. The van der Waals surface area contributed by atoms with E-state index < -0.39 is 10.0 Å². The first-order valence-corrected chi connectivity index (χ1v) is 10.7. The van der Waals surface area contributed by atoms with Gasteiger partial charge < -0.3 is 9.47 Å². The molecule has 0 amide bonds. The number of rotatable bonds is 7. The number of aromatic nitrogens is 1. The third kappa shape index (κ3) is 4.52. The van der Waals surface area contributed by atoms with E-state index in [4.69, 9.17) is 11.6 Å². The Hall–Kier alpha value is -1.86. The lowest BCUT2D eigenvalue weighted by Gasteiger charge is -2.24. The maximum atomic E-state index is 12.6. The summed E-state index contributed by atoms with van der Waals surface area (Å²) in [6, 6.07) is 15.1. The number of nitrogens with zero attached hydrogens (tertiary/aromatic N) is 2. The Morgan fingerprint density at radius 1 is 1.11 bits per heavy atom. The summed E-state index contributed by atoms with van der Waals surface area (Å²) in [7, 11) is 2.40. The van der Waals surface area contributed by atoms with E-state index in [-0.39, 0.29) is 18.3 Å². The minimum atomic E-state index is -3.51. The van der Waals surface area contributed by atoms with Crippen LogP contribution >= 0.6 is 11.6 Å². The first kappa shape index (κ1) is 19.9. The number of aryl methyl sites for hydroxylation is 1. The van der Waals surface area contributed by atoms with Crippen LogP contribution < -0.4 is 4.72 Å². The van der Waals surface area contributed by atoms with Crippen LogP contribution in [-0.2, 0) is 22.8 Å². The van der Waals surface area contributed by atoms with Crippen molar-refractivity contribution in [1.29, 1.82) is 0 Å². The predicted octanol–water partition coefficient (Wildman–Crippen LogP) is 3.55. The third-order valence-electron chi connectivity index (χ3n) is 4.71. The van der Waals surface area contributed by atoms with E-state index >= 15 is 0 Å². The molecule has 3 rings (SSSR count). The molecule has 0 saturated heterocycles. The van der Waals surface area contributed by atoms with E-state index in [0.717, 1.165) is 16.5 Å². The van der Waals surface area contributed by atoms with Gasteiger partial charge in [0.15, 0.2) is 0 Å². The molecule has 0 spiro atoms. The topological polar surface area (TPSA) is 54.3 Å². The molecule has 1 N–H and O–H groups in total. The fourth-order valence-electron chi connectivity index (χ4n) is 3.29. The van der Waals surface area contributed by atoms with Gasteiger partial charge in [-0.15, -0.1) is 0 Å². The molecule has 0 aliphatic carbocycles. The molecule has 0 bridgehead atoms. The number of para-hydroxylation sites is 1. The van der Waals surface area contributed by atoms with Crippen LogP contribution in [0.2, 0.25) is 5.02 Å². The number of nitrogens with one attached hydrogen (secondary N) is 1. The number of hydrogen-bond donors (Lipinski definition) is 1. The molecule has 5 nitrogen and oxygen atoms in total. The summed E-state index contributed by atoms with van der Waals surface area (Å²) in [6.07, 6.45) is 2.07. The predicted molar refractivity (Wildman–Crippen MR) is 111 cm³/mol. The second-order valence-corrected chi connectivity index (χ2v) is 9.10.